The molecule has 0 bridgehead atoms. The Balaban J connectivity index is 2.11. The summed E-state index contributed by atoms with van der Waals surface area (Å²) < 4.78 is 0. The number of hydrogen-bond acceptors (Lipinski definition) is 2. The molecular weight excluding hydrogens is 188 g/mol. The van der Waals surface area contributed by atoms with Gasteiger partial charge in [-0.2, -0.15) is 0 Å². The first kappa shape index (κ1) is 12.5. The highest BCUT2D eigenvalue weighted by Gasteiger charge is 2.17. The molecule has 15 heavy (non-hydrogen) atoms. The van der Waals surface area contributed by atoms with Gasteiger partial charge in [0.15, 0.2) is 0 Å². The summed E-state index contributed by atoms with van der Waals surface area (Å²) in [5, 5.41) is 0. The van der Waals surface area contributed by atoms with Gasteiger partial charge in [0.05, 0.1) is 0 Å². The Morgan fingerprint density at radius 1 is 1.33 bits per heavy atom. The predicted octanol–water partition coefficient (Wildman–Crippen LogP) is 1.73. The molecular formula is C12H24N2O. The van der Waals surface area contributed by atoms with Crippen molar-refractivity contribution in [3.63, 3.8) is 0 Å². The summed E-state index contributed by atoms with van der Waals surface area (Å²) in [7, 11) is 4.18. The van der Waals surface area contributed by atoms with Crippen LogP contribution in [0.4, 0.5) is 0 Å². The van der Waals surface area contributed by atoms with E-state index in [1.54, 1.807) is 0 Å². The van der Waals surface area contributed by atoms with Gasteiger partial charge < -0.3 is 9.80 Å². The van der Waals surface area contributed by atoms with Gasteiger partial charge in [-0.05, 0) is 46.7 Å². The van der Waals surface area contributed by atoms with E-state index in [2.05, 4.69) is 25.9 Å². The maximum absolute atomic E-state index is 11.7. The average molecular weight is 212 g/mol. The molecule has 1 saturated heterocycles. The molecule has 1 unspecified atom stereocenters. The van der Waals surface area contributed by atoms with Gasteiger partial charge in [0.1, 0.15) is 0 Å². The third-order valence-electron chi connectivity index (χ3n) is 3.35. The fraction of sp³-hybridized carbons (Fsp3) is 0.917. The Bertz CT molecular complexity index is 198. The minimum atomic E-state index is 0.360. The molecule has 3 nitrogen and oxygen atoms in total. The van der Waals surface area contributed by atoms with E-state index in [4.69, 9.17) is 0 Å². The number of nitrogens with zero attached hydrogens (tertiary/aromatic N) is 2. The molecule has 1 rings (SSSR count). The van der Waals surface area contributed by atoms with Gasteiger partial charge in [0.25, 0.3) is 0 Å². The van der Waals surface area contributed by atoms with Crippen LogP contribution in [-0.4, -0.2) is 48.9 Å². The van der Waals surface area contributed by atoms with E-state index in [0.29, 0.717) is 11.9 Å². The molecule has 1 fully saturated rings. The number of hydrogen-bond donors (Lipinski definition) is 0. The van der Waals surface area contributed by atoms with Crippen molar-refractivity contribution in [3.05, 3.63) is 0 Å². The van der Waals surface area contributed by atoms with Gasteiger partial charge >= 0.3 is 0 Å². The fourth-order valence-corrected chi connectivity index (χ4v) is 1.93. The first-order chi connectivity index (χ1) is 7.11. The molecule has 1 amide bonds. The van der Waals surface area contributed by atoms with Crippen LogP contribution in [0.5, 0.6) is 0 Å². The molecule has 0 N–H and O–H groups in total. The maximum Gasteiger partial charge on any atom is 0.222 e. The van der Waals surface area contributed by atoms with Gasteiger partial charge in [-0.15, -0.1) is 0 Å². The smallest absolute Gasteiger partial charge is 0.222 e. The van der Waals surface area contributed by atoms with E-state index in [1.807, 2.05) is 4.90 Å². The van der Waals surface area contributed by atoms with Crippen molar-refractivity contribution in [3.8, 4) is 0 Å². The van der Waals surface area contributed by atoms with Gasteiger partial charge in [-0.3, -0.25) is 4.79 Å². The molecule has 0 aromatic rings. The minimum absolute atomic E-state index is 0.360. The zero-order valence-electron chi connectivity index (χ0n) is 10.3. The van der Waals surface area contributed by atoms with Crippen molar-refractivity contribution < 1.29 is 4.79 Å². The van der Waals surface area contributed by atoms with Crippen LogP contribution in [-0.2, 0) is 4.79 Å². The molecule has 1 aliphatic rings. The largest absolute Gasteiger partial charge is 0.343 e. The molecule has 0 saturated carbocycles. The van der Waals surface area contributed by atoms with Crippen LogP contribution in [0.3, 0.4) is 0 Å². The van der Waals surface area contributed by atoms with Crippen LogP contribution < -0.4 is 0 Å². The molecule has 1 aliphatic heterocycles. The Labute approximate surface area is 93.4 Å². The summed E-state index contributed by atoms with van der Waals surface area (Å²) >= 11 is 0. The summed E-state index contributed by atoms with van der Waals surface area (Å²) in [6, 6.07) is 0.580. The first-order valence-electron chi connectivity index (χ1n) is 6.05. The third-order valence-corrected chi connectivity index (χ3v) is 3.35. The van der Waals surface area contributed by atoms with Crippen molar-refractivity contribution in [1.29, 1.82) is 0 Å². The number of amides is 1. The lowest BCUT2D eigenvalue weighted by Crippen LogP contribution is -2.28. The Morgan fingerprint density at radius 2 is 1.93 bits per heavy atom. The van der Waals surface area contributed by atoms with Crippen molar-refractivity contribution in [2.45, 2.75) is 45.1 Å². The molecule has 88 valence electrons. The van der Waals surface area contributed by atoms with E-state index in [1.165, 1.54) is 12.8 Å². The molecule has 0 aromatic carbocycles. The second-order valence-corrected chi connectivity index (χ2v) is 4.79. The summed E-state index contributed by atoms with van der Waals surface area (Å²) in [4.78, 5) is 15.9. The van der Waals surface area contributed by atoms with Crippen molar-refractivity contribution in [2.75, 3.05) is 27.2 Å². The number of likely N-dealkylation sites (tertiary alicyclic amines) is 1. The summed E-state index contributed by atoms with van der Waals surface area (Å²) in [6.07, 6.45) is 5.26. The van der Waals surface area contributed by atoms with Crippen molar-refractivity contribution in [2.24, 2.45) is 0 Å². The van der Waals surface area contributed by atoms with E-state index in [0.717, 1.165) is 32.4 Å². The van der Waals surface area contributed by atoms with Crippen LogP contribution >= 0.6 is 0 Å². The van der Waals surface area contributed by atoms with Gasteiger partial charge in [-0.1, -0.05) is 0 Å². The van der Waals surface area contributed by atoms with Crippen LogP contribution in [0.1, 0.15) is 39.0 Å². The summed E-state index contributed by atoms with van der Waals surface area (Å²) in [6.45, 7) is 4.18. The third kappa shape index (κ3) is 4.20. The fourth-order valence-electron chi connectivity index (χ4n) is 1.93. The average Bonchev–Trinajstić information content (AvgIpc) is 2.70. The quantitative estimate of drug-likeness (QED) is 0.693. The highest BCUT2D eigenvalue weighted by atomic mass is 16.2. The van der Waals surface area contributed by atoms with Gasteiger partial charge in [0.2, 0.25) is 5.91 Å². The van der Waals surface area contributed by atoms with E-state index in [-0.39, 0.29) is 0 Å². The lowest BCUT2D eigenvalue weighted by molar-refractivity contribution is -0.130. The second-order valence-electron chi connectivity index (χ2n) is 4.79. The van der Waals surface area contributed by atoms with Gasteiger partial charge in [-0.25, -0.2) is 0 Å². The zero-order valence-corrected chi connectivity index (χ0v) is 10.3. The first-order valence-corrected chi connectivity index (χ1v) is 6.05. The Morgan fingerprint density at radius 3 is 2.47 bits per heavy atom. The number of carbonyl (C=O) groups excluding carboxylic acids is 1. The van der Waals surface area contributed by atoms with Crippen molar-refractivity contribution in [1.82, 2.24) is 9.80 Å². The van der Waals surface area contributed by atoms with Crippen LogP contribution in [0.15, 0.2) is 0 Å². The topological polar surface area (TPSA) is 23.6 Å². The predicted molar refractivity (Wildman–Crippen MR) is 62.8 cm³/mol. The SMILES string of the molecule is CC(CCCC(=O)N1CCCC1)N(C)C. The normalized spacial score (nSPS) is 18.5. The van der Waals surface area contributed by atoms with E-state index in [9.17, 15) is 4.79 Å². The molecule has 0 aliphatic carbocycles. The van der Waals surface area contributed by atoms with Crippen LogP contribution in [0.2, 0.25) is 0 Å². The zero-order chi connectivity index (χ0) is 11.3. The molecule has 1 atom stereocenters. The Hall–Kier alpha value is -0.570. The standard InChI is InChI=1S/C12H24N2O/c1-11(13(2)3)7-6-8-12(15)14-9-4-5-10-14/h11H,4-10H2,1-3H3. The molecule has 3 heteroatoms. The lowest BCUT2D eigenvalue weighted by Gasteiger charge is -2.20. The molecule has 1 heterocycles. The van der Waals surface area contributed by atoms with E-state index >= 15 is 0 Å². The van der Waals surface area contributed by atoms with E-state index < -0.39 is 0 Å². The molecule has 0 radical (unpaired) electrons. The lowest BCUT2D eigenvalue weighted by atomic mass is 10.1. The highest BCUT2D eigenvalue weighted by Crippen LogP contribution is 2.12. The Kier molecular flexibility index (Phi) is 5.09. The summed E-state index contributed by atoms with van der Waals surface area (Å²) in [5.74, 6) is 0.360. The monoisotopic (exact) mass is 212 g/mol. The second kappa shape index (κ2) is 6.11. The summed E-state index contributed by atoms with van der Waals surface area (Å²) in [5.41, 5.74) is 0. The highest BCUT2D eigenvalue weighted by molar-refractivity contribution is 5.76. The van der Waals surface area contributed by atoms with Crippen LogP contribution in [0, 0.1) is 0 Å². The number of rotatable bonds is 5. The maximum atomic E-state index is 11.7. The minimum Gasteiger partial charge on any atom is -0.343 e. The van der Waals surface area contributed by atoms with Crippen LogP contribution in [0.25, 0.3) is 0 Å². The molecule has 0 aromatic heterocycles. The molecule has 0 spiro atoms. The van der Waals surface area contributed by atoms with Crippen molar-refractivity contribution >= 4 is 5.91 Å². The van der Waals surface area contributed by atoms with Gasteiger partial charge in [0, 0.05) is 25.6 Å². The number of carbonyl (C=O) groups is 1.